The van der Waals surface area contributed by atoms with Gasteiger partial charge in [-0.3, -0.25) is 9.69 Å². The van der Waals surface area contributed by atoms with E-state index in [0.29, 0.717) is 4.47 Å². The van der Waals surface area contributed by atoms with Crippen LogP contribution in [0.15, 0.2) is 46.1 Å². The molecule has 7 nitrogen and oxygen atoms in total. The van der Waals surface area contributed by atoms with Crippen LogP contribution in [0.3, 0.4) is 0 Å². The Balaban J connectivity index is 1.43. The van der Waals surface area contributed by atoms with Crippen LogP contribution in [0.1, 0.15) is 5.69 Å². The molecule has 0 radical (unpaired) electrons. The maximum atomic E-state index is 12.0. The summed E-state index contributed by atoms with van der Waals surface area (Å²) in [6.45, 7) is 4.41. The fourth-order valence-electron chi connectivity index (χ4n) is 3.16. The Morgan fingerprint density at radius 2 is 2.00 bits per heavy atom. The van der Waals surface area contributed by atoms with Gasteiger partial charge in [0.25, 0.3) is 5.56 Å². The predicted octanol–water partition coefficient (Wildman–Crippen LogP) is 1.51. The van der Waals surface area contributed by atoms with Crippen LogP contribution in [-0.4, -0.2) is 50.2 Å². The van der Waals surface area contributed by atoms with Gasteiger partial charge >= 0.3 is 0 Å². The van der Waals surface area contributed by atoms with Crippen molar-refractivity contribution in [1.82, 2.24) is 24.1 Å². The first-order chi connectivity index (χ1) is 12.1. The third-order valence-corrected chi connectivity index (χ3v) is 5.32. The largest absolute Gasteiger partial charge is 0.367 e. The van der Waals surface area contributed by atoms with Gasteiger partial charge in [0.1, 0.15) is 10.1 Å². The second-order valence-corrected chi connectivity index (χ2v) is 7.03. The average Bonchev–Trinajstić information content (AvgIpc) is 3.03. The number of hydrogen-bond acceptors (Lipinski definition) is 5. The molecule has 0 saturated carbocycles. The van der Waals surface area contributed by atoms with Crippen LogP contribution in [0.4, 0.5) is 5.69 Å². The van der Waals surface area contributed by atoms with Crippen LogP contribution in [0.2, 0.25) is 0 Å². The molecule has 0 aromatic carbocycles. The number of hydrogen-bond donors (Lipinski definition) is 0. The molecule has 1 aliphatic rings. The van der Waals surface area contributed by atoms with Crippen molar-refractivity contribution in [1.29, 1.82) is 0 Å². The predicted molar refractivity (Wildman–Crippen MR) is 99.9 cm³/mol. The first-order valence-electron chi connectivity index (χ1n) is 8.23. The molecule has 0 amide bonds. The minimum Gasteiger partial charge on any atom is -0.367 e. The van der Waals surface area contributed by atoms with Gasteiger partial charge in [0.2, 0.25) is 0 Å². The third kappa shape index (κ3) is 3.19. The lowest BCUT2D eigenvalue weighted by Gasteiger charge is -2.35. The third-order valence-electron chi connectivity index (χ3n) is 4.57. The summed E-state index contributed by atoms with van der Waals surface area (Å²) in [5.74, 6) is 0. The quantitative estimate of drug-likeness (QED) is 0.664. The molecule has 0 unspecified atom stereocenters. The monoisotopic (exact) mass is 402 g/mol. The van der Waals surface area contributed by atoms with Crippen molar-refractivity contribution in [2.24, 2.45) is 7.05 Å². The molecule has 130 valence electrons. The van der Waals surface area contributed by atoms with Gasteiger partial charge in [0.05, 0.1) is 17.6 Å². The van der Waals surface area contributed by atoms with Crippen molar-refractivity contribution in [3.63, 3.8) is 0 Å². The molecule has 0 bridgehead atoms. The van der Waals surface area contributed by atoms with Crippen molar-refractivity contribution in [2.45, 2.75) is 6.54 Å². The highest BCUT2D eigenvalue weighted by molar-refractivity contribution is 9.10. The summed E-state index contributed by atoms with van der Waals surface area (Å²) in [6, 6.07) is 6.02. The highest BCUT2D eigenvalue weighted by Gasteiger charge is 2.21. The van der Waals surface area contributed by atoms with Crippen molar-refractivity contribution >= 4 is 27.3 Å². The number of aryl methyl sites for hydroxylation is 1. The Bertz CT molecular complexity index is 924. The Labute approximate surface area is 153 Å². The minimum absolute atomic E-state index is 0.107. The standard InChI is InChI=1S/C17H19BrN6O/c1-21-17(25)16(18)14(10-19-21)23-8-6-22(7-9-23)11-13-12-24-5-3-2-4-15(24)20-13/h2-5,10,12H,6-9,11H2,1H3. The number of pyridine rings is 1. The van der Waals surface area contributed by atoms with Crippen LogP contribution in [0, 0.1) is 0 Å². The van der Waals surface area contributed by atoms with Gasteiger partial charge in [-0.15, -0.1) is 0 Å². The van der Waals surface area contributed by atoms with E-state index in [-0.39, 0.29) is 5.56 Å². The van der Waals surface area contributed by atoms with E-state index in [1.54, 1.807) is 13.2 Å². The van der Waals surface area contributed by atoms with E-state index in [1.165, 1.54) is 4.68 Å². The zero-order valence-electron chi connectivity index (χ0n) is 14.0. The van der Waals surface area contributed by atoms with Crippen molar-refractivity contribution in [3.05, 3.63) is 57.3 Å². The molecule has 0 aliphatic carbocycles. The molecular weight excluding hydrogens is 384 g/mol. The fourth-order valence-corrected chi connectivity index (χ4v) is 3.77. The molecule has 1 fully saturated rings. The molecule has 0 N–H and O–H groups in total. The molecular formula is C17H19BrN6O. The van der Waals surface area contributed by atoms with E-state index in [4.69, 9.17) is 0 Å². The van der Waals surface area contributed by atoms with Crippen LogP contribution < -0.4 is 10.5 Å². The number of nitrogens with zero attached hydrogens (tertiary/aromatic N) is 6. The fraction of sp³-hybridized carbons (Fsp3) is 0.353. The maximum absolute atomic E-state index is 12.0. The summed E-state index contributed by atoms with van der Waals surface area (Å²) in [5.41, 5.74) is 2.82. The van der Waals surface area contributed by atoms with E-state index >= 15 is 0 Å². The van der Waals surface area contributed by atoms with E-state index < -0.39 is 0 Å². The lowest BCUT2D eigenvalue weighted by atomic mass is 10.2. The highest BCUT2D eigenvalue weighted by Crippen LogP contribution is 2.23. The van der Waals surface area contributed by atoms with Gasteiger partial charge < -0.3 is 9.30 Å². The van der Waals surface area contributed by atoms with Gasteiger partial charge in [-0.1, -0.05) is 6.07 Å². The van der Waals surface area contributed by atoms with Crippen molar-refractivity contribution in [3.8, 4) is 0 Å². The van der Waals surface area contributed by atoms with Crippen LogP contribution in [-0.2, 0) is 13.6 Å². The molecule has 8 heteroatoms. The van der Waals surface area contributed by atoms with E-state index in [9.17, 15) is 4.79 Å². The molecule has 0 spiro atoms. The summed E-state index contributed by atoms with van der Waals surface area (Å²) < 4.78 is 3.97. The molecule has 3 aromatic heterocycles. The zero-order chi connectivity index (χ0) is 17.4. The first kappa shape index (κ1) is 16.3. The van der Waals surface area contributed by atoms with Gasteiger partial charge in [-0.2, -0.15) is 5.10 Å². The Hall–Kier alpha value is -2.19. The van der Waals surface area contributed by atoms with Gasteiger partial charge in [-0.05, 0) is 28.1 Å². The van der Waals surface area contributed by atoms with Crippen molar-refractivity contribution < 1.29 is 0 Å². The first-order valence-corrected chi connectivity index (χ1v) is 9.03. The van der Waals surface area contributed by atoms with Gasteiger partial charge in [0.15, 0.2) is 0 Å². The molecule has 1 saturated heterocycles. The van der Waals surface area contributed by atoms with Gasteiger partial charge in [0, 0.05) is 52.2 Å². The second-order valence-electron chi connectivity index (χ2n) is 6.23. The molecule has 4 heterocycles. The normalized spacial score (nSPS) is 15.8. The SMILES string of the molecule is Cn1ncc(N2CCN(Cc3cn4ccccc4n3)CC2)c(Br)c1=O. The smallest absolute Gasteiger partial charge is 0.282 e. The molecule has 3 aromatic rings. The zero-order valence-corrected chi connectivity index (χ0v) is 15.6. The molecule has 1 aliphatic heterocycles. The van der Waals surface area contributed by atoms with E-state index in [2.05, 4.69) is 42.0 Å². The van der Waals surface area contributed by atoms with Crippen LogP contribution >= 0.6 is 15.9 Å². The van der Waals surface area contributed by atoms with Crippen LogP contribution in [0.5, 0.6) is 0 Å². The Morgan fingerprint density at radius 1 is 1.20 bits per heavy atom. The maximum Gasteiger partial charge on any atom is 0.282 e. The summed E-state index contributed by atoms with van der Waals surface area (Å²) in [5, 5.41) is 4.13. The van der Waals surface area contributed by atoms with E-state index in [1.807, 2.05) is 28.8 Å². The lowest BCUT2D eigenvalue weighted by molar-refractivity contribution is 0.247. The molecule has 25 heavy (non-hydrogen) atoms. The topological polar surface area (TPSA) is 58.7 Å². The summed E-state index contributed by atoms with van der Waals surface area (Å²) in [6.07, 6.45) is 5.86. The summed E-state index contributed by atoms with van der Waals surface area (Å²) in [7, 11) is 1.66. The van der Waals surface area contributed by atoms with E-state index in [0.717, 1.165) is 49.8 Å². The number of imidazole rings is 1. The van der Waals surface area contributed by atoms with Crippen molar-refractivity contribution in [2.75, 3.05) is 31.1 Å². The number of anilines is 1. The summed E-state index contributed by atoms with van der Waals surface area (Å²) >= 11 is 3.41. The Morgan fingerprint density at radius 3 is 2.76 bits per heavy atom. The van der Waals surface area contributed by atoms with Gasteiger partial charge in [-0.25, -0.2) is 9.67 Å². The number of rotatable bonds is 3. The number of halogens is 1. The Kier molecular flexibility index (Phi) is 4.30. The molecule has 0 atom stereocenters. The molecule has 4 rings (SSSR count). The number of aromatic nitrogens is 4. The average molecular weight is 403 g/mol. The lowest BCUT2D eigenvalue weighted by Crippen LogP contribution is -2.46. The minimum atomic E-state index is -0.107. The number of fused-ring (bicyclic) bond motifs is 1. The highest BCUT2D eigenvalue weighted by atomic mass is 79.9. The summed E-state index contributed by atoms with van der Waals surface area (Å²) in [4.78, 5) is 21.3. The number of piperazine rings is 1. The van der Waals surface area contributed by atoms with Crippen LogP contribution in [0.25, 0.3) is 5.65 Å². The second kappa shape index (κ2) is 6.61.